The molecule has 7 heteroatoms. The number of nitrogens with zero attached hydrogens (tertiary/aromatic N) is 2. The van der Waals surface area contributed by atoms with Gasteiger partial charge in [0, 0.05) is 26.2 Å². The number of amides is 1. The van der Waals surface area contributed by atoms with Gasteiger partial charge in [0.05, 0.1) is 0 Å². The van der Waals surface area contributed by atoms with Gasteiger partial charge in [-0.1, -0.05) is 19.1 Å². The van der Waals surface area contributed by atoms with Crippen molar-refractivity contribution in [3.05, 3.63) is 12.2 Å². The average molecular weight is 452 g/mol. The number of guanidine groups is 1. The highest BCUT2D eigenvalue weighted by molar-refractivity contribution is 14.0. The van der Waals surface area contributed by atoms with Gasteiger partial charge in [-0.3, -0.25) is 4.99 Å². The fourth-order valence-corrected chi connectivity index (χ4v) is 2.29. The fraction of sp³-hybridized carbons (Fsp3) is 0.765. The Labute approximate surface area is 163 Å². The van der Waals surface area contributed by atoms with Crippen molar-refractivity contribution >= 4 is 36.0 Å². The molecule has 1 saturated heterocycles. The quantitative estimate of drug-likeness (QED) is 0.297. The van der Waals surface area contributed by atoms with Crippen molar-refractivity contribution in [2.24, 2.45) is 16.1 Å². The van der Waals surface area contributed by atoms with E-state index in [9.17, 15) is 4.79 Å². The lowest BCUT2D eigenvalue weighted by atomic mass is 9.80. The zero-order chi connectivity index (χ0) is 17.7. The van der Waals surface area contributed by atoms with Crippen LogP contribution < -0.4 is 11.1 Å². The van der Waals surface area contributed by atoms with Gasteiger partial charge in [0.2, 0.25) is 0 Å². The van der Waals surface area contributed by atoms with Crippen LogP contribution in [0.3, 0.4) is 0 Å². The maximum absolute atomic E-state index is 12.1. The van der Waals surface area contributed by atoms with Crippen LogP contribution in [0.2, 0.25) is 0 Å². The number of nitrogens with one attached hydrogen (secondary N) is 1. The Morgan fingerprint density at radius 1 is 1.38 bits per heavy atom. The summed E-state index contributed by atoms with van der Waals surface area (Å²) in [5.41, 5.74) is 6.48. The standard InChI is InChI=1S/C17H32N4O2.HI/c1-13(2)11-19-14(18)20-12-17(6)7-9-21(10-8-17)15(22)23-16(3,4)5;/h1,7-12H2,2-6H3,(H3,18,19,20);1H. The molecule has 3 N–H and O–H groups in total. The highest BCUT2D eigenvalue weighted by Crippen LogP contribution is 2.31. The highest BCUT2D eigenvalue weighted by Gasteiger charge is 2.33. The maximum atomic E-state index is 12.1. The lowest BCUT2D eigenvalue weighted by Gasteiger charge is -2.38. The normalized spacial score (nSPS) is 17.7. The molecular weight excluding hydrogens is 419 g/mol. The van der Waals surface area contributed by atoms with Crippen molar-refractivity contribution in [3.8, 4) is 0 Å². The molecule has 1 fully saturated rings. The van der Waals surface area contributed by atoms with Crippen LogP contribution in [-0.2, 0) is 4.74 Å². The maximum Gasteiger partial charge on any atom is 0.410 e. The van der Waals surface area contributed by atoms with Crippen molar-refractivity contribution in [3.63, 3.8) is 0 Å². The van der Waals surface area contributed by atoms with Gasteiger partial charge in [-0.05, 0) is 46.0 Å². The number of aliphatic imine (C=N–C) groups is 1. The smallest absolute Gasteiger partial charge is 0.410 e. The fourth-order valence-electron chi connectivity index (χ4n) is 2.29. The number of halogens is 1. The first-order chi connectivity index (χ1) is 10.5. The molecule has 1 amide bonds. The number of hydrogen-bond acceptors (Lipinski definition) is 3. The first kappa shape index (κ1) is 23.0. The molecule has 0 spiro atoms. The Bertz CT molecular complexity index is 464. The predicted octanol–water partition coefficient (Wildman–Crippen LogP) is 3.12. The van der Waals surface area contributed by atoms with Crippen molar-refractivity contribution in [2.45, 2.75) is 53.1 Å². The Kier molecular flexibility index (Phi) is 9.09. The molecule has 0 atom stereocenters. The molecule has 6 nitrogen and oxygen atoms in total. The van der Waals surface area contributed by atoms with Gasteiger partial charge in [-0.15, -0.1) is 24.0 Å². The Hall–Kier alpha value is -0.990. The van der Waals surface area contributed by atoms with E-state index in [1.807, 2.05) is 27.7 Å². The van der Waals surface area contributed by atoms with Gasteiger partial charge >= 0.3 is 6.09 Å². The summed E-state index contributed by atoms with van der Waals surface area (Å²) >= 11 is 0. The van der Waals surface area contributed by atoms with E-state index in [4.69, 9.17) is 10.5 Å². The molecule has 0 radical (unpaired) electrons. The van der Waals surface area contributed by atoms with Gasteiger partial charge in [-0.25, -0.2) is 4.79 Å². The zero-order valence-corrected chi connectivity index (χ0v) is 18.0. The molecule has 24 heavy (non-hydrogen) atoms. The van der Waals surface area contributed by atoms with E-state index in [0.717, 1.165) is 18.4 Å². The number of rotatable bonds is 4. The molecule has 0 aliphatic carbocycles. The summed E-state index contributed by atoms with van der Waals surface area (Å²) in [5, 5.41) is 3.04. The van der Waals surface area contributed by atoms with Gasteiger partial charge in [0.15, 0.2) is 5.96 Å². The van der Waals surface area contributed by atoms with Crippen LogP contribution in [0, 0.1) is 5.41 Å². The van der Waals surface area contributed by atoms with Gasteiger partial charge in [0.1, 0.15) is 5.60 Å². The van der Waals surface area contributed by atoms with Crippen LogP contribution in [0.1, 0.15) is 47.5 Å². The summed E-state index contributed by atoms with van der Waals surface area (Å²) < 4.78 is 5.42. The van der Waals surface area contributed by atoms with Gasteiger partial charge < -0.3 is 20.7 Å². The largest absolute Gasteiger partial charge is 0.444 e. The molecule has 0 aromatic heterocycles. The molecular formula is C17H33IN4O2. The molecule has 1 rings (SSSR count). The predicted molar refractivity (Wildman–Crippen MR) is 110 cm³/mol. The van der Waals surface area contributed by atoms with Crippen LogP contribution in [0.5, 0.6) is 0 Å². The van der Waals surface area contributed by atoms with Crippen LogP contribution >= 0.6 is 24.0 Å². The number of nitrogens with two attached hydrogens (primary N) is 1. The number of carbonyl (C=O) groups excluding carboxylic acids is 1. The Morgan fingerprint density at radius 2 is 1.92 bits per heavy atom. The van der Waals surface area contributed by atoms with Crippen LogP contribution in [-0.4, -0.2) is 48.7 Å². The third kappa shape index (κ3) is 8.75. The summed E-state index contributed by atoms with van der Waals surface area (Å²) in [6, 6.07) is 0. The SMILES string of the molecule is C=C(C)CNC(N)=NCC1(C)CCN(C(=O)OC(C)(C)C)CC1.I. The number of carbonyl (C=O) groups is 1. The van der Waals surface area contributed by atoms with E-state index in [-0.39, 0.29) is 35.5 Å². The van der Waals surface area contributed by atoms with Crippen LogP contribution in [0.4, 0.5) is 4.79 Å². The summed E-state index contributed by atoms with van der Waals surface area (Å²) in [6.45, 7) is 16.3. The third-order valence-electron chi connectivity index (χ3n) is 3.82. The Morgan fingerprint density at radius 3 is 2.38 bits per heavy atom. The molecule has 1 heterocycles. The van der Waals surface area contributed by atoms with E-state index in [1.165, 1.54) is 0 Å². The monoisotopic (exact) mass is 452 g/mol. The van der Waals surface area contributed by atoms with Crippen LogP contribution in [0.15, 0.2) is 17.1 Å². The lowest BCUT2D eigenvalue weighted by Crippen LogP contribution is -2.45. The highest BCUT2D eigenvalue weighted by atomic mass is 127. The lowest BCUT2D eigenvalue weighted by molar-refractivity contribution is 0.0127. The molecule has 0 saturated carbocycles. The summed E-state index contributed by atoms with van der Waals surface area (Å²) in [4.78, 5) is 18.3. The third-order valence-corrected chi connectivity index (χ3v) is 3.82. The number of piperidine rings is 1. The van der Waals surface area contributed by atoms with E-state index in [2.05, 4.69) is 23.8 Å². The molecule has 1 aliphatic rings. The molecule has 0 unspecified atom stereocenters. The van der Waals surface area contributed by atoms with E-state index < -0.39 is 5.60 Å². The second-order valence-electron chi connectivity index (χ2n) is 7.79. The second kappa shape index (κ2) is 9.48. The van der Waals surface area contributed by atoms with Gasteiger partial charge in [0.25, 0.3) is 0 Å². The second-order valence-corrected chi connectivity index (χ2v) is 7.79. The Balaban J connectivity index is 0.00000529. The summed E-state index contributed by atoms with van der Waals surface area (Å²) in [6.07, 6.45) is 1.55. The molecule has 1 aliphatic heterocycles. The number of likely N-dealkylation sites (tertiary alicyclic amines) is 1. The number of hydrogen-bond donors (Lipinski definition) is 2. The summed E-state index contributed by atoms with van der Waals surface area (Å²) in [5.74, 6) is 0.448. The van der Waals surface area contributed by atoms with Crippen LogP contribution in [0.25, 0.3) is 0 Å². The molecule has 0 aromatic carbocycles. The first-order valence-corrected chi connectivity index (χ1v) is 8.17. The zero-order valence-electron chi connectivity index (χ0n) is 15.6. The van der Waals surface area contributed by atoms with E-state index >= 15 is 0 Å². The number of ether oxygens (including phenoxy) is 1. The molecule has 140 valence electrons. The minimum Gasteiger partial charge on any atom is -0.444 e. The summed E-state index contributed by atoms with van der Waals surface area (Å²) in [7, 11) is 0. The van der Waals surface area contributed by atoms with E-state index in [1.54, 1.807) is 4.90 Å². The van der Waals surface area contributed by atoms with Crippen molar-refractivity contribution in [1.29, 1.82) is 0 Å². The van der Waals surface area contributed by atoms with E-state index in [0.29, 0.717) is 32.1 Å². The first-order valence-electron chi connectivity index (χ1n) is 8.17. The van der Waals surface area contributed by atoms with Crippen molar-refractivity contribution < 1.29 is 9.53 Å². The van der Waals surface area contributed by atoms with Gasteiger partial charge in [-0.2, -0.15) is 0 Å². The van der Waals surface area contributed by atoms with Crippen molar-refractivity contribution in [2.75, 3.05) is 26.2 Å². The average Bonchev–Trinajstić information content (AvgIpc) is 2.42. The minimum atomic E-state index is -0.453. The molecule has 0 aromatic rings. The molecule has 0 bridgehead atoms. The minimum absolute atomic E-state index is 0. The van der Waals surface area contributed by atoms with Crippen molar-refractivity contribution in [1.82, 2.24) is 10.2 Å². The topological polar surface area (TPSA) is 80.0 Å².